The molecule has 14 nitrogen and oxygen atoms in total. The number of aldehydes is 1. The van der Waals surface area contributed by atoms with Crippen molar-refractivity contribution in [1.82, 2.24) is 29.9 Å². The molecule has 2 saturated heterocycles. The Labute approximate surface area is 351 Å². The van der Waals surface area contributed by atoms with Gasteiger partial charge in [0.15, 0.2) is 0 Å². The summed E-state index contributed by atoms with van der Waals surface area (Å²) in [5.41, 5.74) is 12.0. The topological polar surface area (TPSA) is 160 Å². The first kappa shape index (κ1) is 45.6. The average molecular weight is 816 g/mol. The van der Waals surface area contributed by atoms with Crippen molar-refractivity contribution in [2.45, 2.75) is 90.4 Å². The quantitative estimate of drug-likeness (QED) is 0.104. The Morgan fingerprint density at radius 2 is 1.76 bits per heavy atom. The summed E-state index contributed by atoms with van der Waals surface area (Å²) in [6, 6.07) is 12.8. The van der Waals surface area contributed by atoms with E-state index in [1.54, 1.807) is 14.2 Å². The number of carbonyl (C=O) groups is 3. The molecule has 3 aromatic rings. The highest BCUT2D eigenvalue weighted by atomic mass is 16.5. The van der Waals surface area contributed by atoms with E-state index in [1.807, 2.05) is 22.6 Å². The lowest BCUT2D eigenvalue weighted by Crippen LogP contribution is -2.48. The van der Waals surface area contributed by atoms with Crippen molar-refractivity contribution in [2.24, 2.45) is 11.7 Å². The molecule has 2 aromatic heterocycles. The SMILES string of the molecule is COC.Cc1cc(C)n(-c2cc(C(CC=O)CN3CCC(COc4ccc5c(n4)NCCC5)C3)cc(N3CCN(C(=O)CCCC(=O)NCCCCCCN)CC3)c2)n1. The summed E-state index contributed by atoms with van der Waals surface area (Å²) >= 11 is 0. The van der Waals surface area contributed by atoms with Crippen LogP contribution >= 0.6 is 0 Å². The van der Waals surface area contributed by atoms with Gasteiger partial charge in [-0.25, -0.2) is 4.68 Å². The molecule has 3 aliphatic heterocycles. The Morgan fingerprint density at radius 1 is 0.983 bits per heavy atom. The number of carbonyl (C=O) groups excluding carboxylic acids is 3. The van der Waals surface area contributed by atoms with E-state index < -0.39 is 0 Å². The third kappa shape index (κ3) is 14.0. The normalized spacial score (nSPS) is 17.1. The van der Waals surface area contributed by atoms with Crippen LogP contribution in [0.15, 0.2) is 36.4 Å². The van der Waals surface area contributed by atoms with Gasteiger partial charge in [0.2, 0.25) is 17.7 Å². The van der Waals surface area contributed by atoms with Crippen molar-refractivity contribution < 1.29 is 23.9 Å². The number of unbranched alkanes of at least 4 members (excludes halogenated alkanes) is 3. The molecule has 14 heteroatoms. The van der Waals surface area contributed by atoms with E-state index in [2.05, 4.69) is 62.4 Å². The van der Waals surface area contributed by atoms with E-state index in [4.69, 9.17) is 20.6 Å². The van der Waals surface area contributed by atoms with Gasteiger partial charge >= 0.3 is 0 Å². The van der Waals surface area contributed by atoms with Gasteiger partial charge in [-0.05, 0) is 107 Å². The van der Waals surface area contributed by atoms with Gasteiger partial charge in [0.05, 0.1) is 18.0 Å². The predicted octanol–water partition coefficient (Wildman–Crippen LogP) is 5.03. The summed E-state index contributed by atoms with van der Waals surface area (Å²) in [5, 5.41) is 11.2. The fraction of sp³-hybridized carbons (Fsp3) is 0.622. The standard InChI is InChI=1S/C43H63N9O4.C2H6O/c1-32-25-33(2)52(48-32)39-27-37(36(15-24-53)30-49-19-14-34(29-49)31-56-41-13-12-35-9-8-18-46-43(35)47-41)26-38(28-39)50-20-22-51(23-21-50)42(55)11-7-10-40(54)45-17-6-4-3-5-16-44;1-3-2/h12-13,24-28,34,36H,3-11,14-23,29-31,44H2,1-2H3,(H,45,54)(H,46,47);1-2H3. The van der Waals surface area contributed by atoms with Crippen LogP contribution in [-0.4, -0.2) is 129 Å². The van der Waals surface area contributed by atoms with Gasteiger partial charge in [-0.15, -0.1) is 0 Å². The third-order valence-corrected chi connectivity index (χ3v) is 11.5. The van der Waals surface area contributed by atoms with Crippen LogP contribution in [0.4, 0.5) is 11.5 Å². The number of benzene rings is 1. The molecule has 0 bridgehead atoms. The van der Waals surface area contributed by atoms with E-state index in [0.717, 1.165) is 112 Å². The molecule has 1 aromatic carbocycles. The average Bonchev–Trinajstić information content (AvgIpc) is 3.85. The molecular formula is C45H69N9O5. The fourth-order valence-electron chi connectivity index (χ4n) is 8.31. The van der Waals surface area contributed by atoms with Crippen molar-refractivity contribution in [3.63, 3.8) is 0 Å². The first-order valence-electron chi connectivity index (χ1n) is 21.8. The van der Waals surface area contributed by atoms with Crippen molar-refractivity contribution in [3.05, 3.63) is 58.9 Å². The lowest BCUT2D eigenvalue weighted by molar-refractivity contribution is -0.131. The predicted molar refractivity (Wildman–Crippen MR) is 234 cm³/mol. The van der Waals surface area contributed by atoms with Crippen LogP contribution in [0.5, 0.6) is 5.88 Å². The van der Waals surface area contributed by atoms with E-state index in [9.17, 15) is 14.4 Å². The number of anilines is 2. The van der Waals surface area contributed by atoms with Crippen LogP contribution in [-0.2, 0) is 25.5 Å². The summed E-state index contributed by atoms with van der Waals surface area (Å²) < 4.78 is 12.4. The van der Waals surface area contributed by atoms with Gasteiger partial charge in [-0.1, -0.05) is 12.8 Å². The molecule has 324 valence electrons. The lowest BCUT2D eigenvalue weighted by atomic mass is 9.94. The number of aryl methyl sites for hydroxylation is 3. The van der Waals surface area contributed by atoms with Crippen LogP contribution in [0, 0.1) is 19.8 Å². The largest absolute Gasteiger partial charge is 0.477 e. The third-order valence-electron chi connectivity index (χ3n) is 11.5. The molecule has 2 fully saturated rings. The maximum Gasteiger partial charge on any atom is 0.222 e. The molecule has 6 rings (SSSR count). The van der Waals surface area contributed by atoms with Crippen LogP contribution in [0.1, 0.15) is 92.6 Å². The maximum atomic E-state index is 13.1. The zero-order chi connectivity index (χ0) is 42.0. The summed E-state index contributed by atoms with van der Waals surface area (Å²) in [5.74, 6) is 2.16. The molecule has 4 N–H and O–H groups in total. The Bertz CT molecular complexity index is 1780. The van der Waals surface area contributed by atoms with E-state index in [0.29, 0.717) is 83.4 Å². The van der Waals surface area contributed by atoms with Gasteiger partial charge < -0.3 is 45.3 Å². The number of hydrogen-bond donors (Lipinski definition) is 3. The van der Waals surface area contributed by atoms with Crippen molar-refractivity contribution in [1.29, 1.82) is 0 Å². The molecule has 0 saturated carbocycles. The summed E-state index contributed by atoms with van der Waals surface area (Å²) in [6.45, 7) is 12.4. The molecule has 59 heavy (non-hydrogen) atoms. The number of rotatable bonds is 20. The van der Waals surface area contributed by atoms with Crippen molar-refractivity contribution in [2.75, 3.05) is 96.5 Å². The summed E-state index contributed by atoms with van der Waals surface area (Å²) in [4.78, 5) is 49.0. The van der Waals surface area contributed by atoms with E-state index >= 15 is 0 Å². The Morgan fingerprint density at radius 3 is 2.51 bits per heavy atom. The molecule has 2 amide bonds. The number of likely N-dealkylation sites (tertiary alicyclic amines) is 1. The summed E-state index contributed by atoms with van der Waals surface area (Å²) in [6.07, 6.45) is 10.1. The monoisotopic (exact) mass is 816 g/mol. The smallest absolute Gasteiger partial charge is 0.222 e. The van der Waals surface area contributed by atoms with Crippen molar-refractivity contribution in [3.8, 4) is 11.6 Å². The van der Waals surface area contributed by atoms with E-state index in [1.165, 1.54) is 5.56 Å². The second-order valence-corrected chi connectivity index (χ2v) is 16.3. The van der Waals surface area contributed by atoms with Crippen LogP contribution < -0.4 is 26.0 Å². The highest BCUT2D eigenvalue weighted by Crippen LogP contribution is 2.32. The molecular weight excluding hydrogens is 747 g/mol. The number of nitrogens with zero attached hydrogens (tertiary/aromatic N) is 6. The first-order chi connectivity index (χ1) is 28.7. The zero-order valence-electron chi connectivity index (χ0n) is 36.1. The number of piperazine rings is 1. The molecule has 0 aliphatic carbocycles. The minimum absolute atomic E-state index is 0.0161. The number of hydrogen-bond acceptors (Lipinski definition) is 11. The second kappa shape index (κ2) is 23.9. The fourth-order valence-corrected chi connectivity index (χ4v) is 8.31. The number of ether oxygens (including phenoxy) is 2. The number of amides is 2. The van der Waals surface area contributed by atoms with Crippen molar-refractivity contribution >= 4 is 29.6 Å². The van der Waals surface area contributed by atoms with Gasteiger partial charge in [-0.3, -0.25) is 9.59 Å². The molecule has 3 aliphatic rings. The first-order valence-corrected chi connectivity index (χ1v) is 21.8. The van der Waals surface area contributed by atoms with Crippen LogP contribution in [0.3, 0.4) is 0 Å². The van der Waals surface area contributed by atoms with Crippen LogP contribution in [0.25, 0.3) is 5.69 Å². The molecule has 0 radical (unpaired) electrons. The number of fused-ring (bicyclic) bond motifs is 1. The minimum Gasteiger partial charge on any atom is -0.477 e. The van der Waals surface area contributed by atoms with Gasteiger partial charge in [0.25, 0.3) is 0 Å². The lowest BCUT2D eigenvalue weighted by Gasteiger charge is -2.37. The van der Waals surface area contributed by atoms with Gasteiger partial charge in [0, 0.05) is 115 Å². The van der Waals surface area contributed by atoms with Crippen LogP contribution in [0.2, 0.25) is 0 Å². The number of pyridine rings is 1. The van der Waals surface area contributed by atoms with Gasteiger partial charge in [-0.2, -0.15) is 10.1 Å². The Kier molecular flexibility index (Phi) is 18.5. The number of nitrogens with one attached hydrogen (secondary N) is 2. The zero-order valence-corrected chi connectivity index (χ0v) is 36.1. The second-order valence-electron chi connectivity index (χ2n) is 16.3. The molecule has 2 atom stereocenters. The Hall–Kier alpha value is -4.53. The number of methoxy groups -OCH3 is 1. The molecule has 2 unspecified atom stereocenters. The number of nitrogens with two attached hydrogens (primary N) is 1. The Balaban J connectivity index is 0.00000214. The number of aromatic nitrogens is 3. The highest BCUT2D eigenvalue weighted by molar-refractivity contribution is 5.79. The molecule has 0 spiro atoms. The minimum atomic E-state index is 0.0161. The van der Waals surface area contributed by atoms with E-state index in [-0.39, 0.29) is 17.7 Å². The summed E-state index contributed by atoms with van der Waals surface area (Å²) in [7, 11) is 3.25. The molecule has 5 heterocycles. The highest BCUT2D eigenvalue weighted by Gasteiger charge is 2.28. The maximum absolute atomic E-state index is 13.1. The van der Waals surface area contributed by atoms with Gasteiger partial charge in [0.1, 0.15) is 12.1 Å².